The van der Waals surface area contributed by atoms with Crippen LogP contribution in [0.5, 0.6) is 0 Å². The van der Waals surface area contributed by atoms with Gasteiger partial charge >= 0.3 is 0 Å². The number of nitrogens with zero attached hydrogens (tertiary/aromatic N) is 1. The summed E-state index contributed by atoms with van der Waals surface area (Å²) in [5.74, 6) is -0.779. The van der Waals surface area contributed by atoms with E-state index in [9.17, 15) is 12.8 Å². The maximum absolute atomic E-state index is 13.8. The number of rotatable bonds is 7. The van der Waals surface area contributed by atoms with Crippen molar-refractivity contribution >= 4 is 27.2 Å². The topological polar surface area (TPSA) is 83.6 Å². The largest absolute Gasteiger partial charge is 0.395 e. The first-order valence-corrected chi connectivity index (χ1v) is 7.90. The molecule has 0 aliphatic rings. The van der Waals surface area contributed by atoms with Crippen LogP contribution in [-0.2, 0) is 10.0 Å². The lowest BCUT2D eigenvalue weighted by atomic mass is 10.2. The molecule has 0 amide bonds. The van der Waals surface area contributed by atoms with Gasteiger partial charge in [0.2, 0.25) is 10.0 Å². The van der Waals surface area contributed by atoms with E-state index < -0.39 is 15.8 Å². The molecule has 112 valence electrons. The van der Waals surface area contributed by atoms with Gasteiger partial charge in [0.05, 0.1) is 17.1 Å². The highest BCUT2D eigenvalue weighted by atomic mass is 32.2. The first kappa shape index (κ1) is 17.0. The summed E-state index contributed by atoms with van der Waals surface area (Å²) in [5, 5.41) is 8.98. The fraction of sp³-hybridized carbons (Fsp3) is 0.417. The minimum Gasteiger partial charge on any atom is -0.395 e. The van der Waals surface area contributed by atoms with Crippen molar-refractivity contribution in [3.05, 3.63) is 29.6 Å². The monoisotopic (exact) mass is 320 g/mol. The lowest BCUT2D eigenvalue weighted by Crippen LogP contribution is -2.35. The van der Waals surface area contributed by atoms with E-state index in [1.54, 1.807) is 6.92 Å². The van der Waals surface area contributed by atoms with Crippen molar-refractivity contribution in [2.24, 2.45) is 5.73 Å². The van der Waals surface area contributed by atoms with Crippen LogP contribution in [0.2, 0.25) is 0 Å². The second kappa shape index (κ2) is 7.07. The Hall–Kier alpha value is -1.09. The van der Waals surface area contributed by atoms with Crippen molar-refractivity contribution in [1.82, 2.24) is 4.31 Å². The normalized spacial score (nSPS) is 11.8. The Morgan fingerprint density at radius 3 is 2.60 bits per heavy atom. The highest BCUT2D eigenvalue weighted by molar-refractivity contribution is 7.89. The molecule has 1 aromatic carbocycles. The molecule has 0 bridgehead atoms. The number of hydrogen-bond donors (Lipinski definition) is 2. The molecular weight excluding hydrogens is 303 g/mol. The maximum atomic E-state index is 13.8. The Labute approximate surface area is 123 Å². The fourth-order valence-electron chi connectivity index (χ4n) is 1.81. The molecule has 5 nitrogen and oxygen atoms in total. The molecule has 0 fully saturated rings. The Morgan fingerprint density at radius 1 is 1.45 bits per heavy atom. The fourth-order valence-corrected chi connectivity index (χ4v) is 3.82. The van der Waals surface area contributed by atoms with E-state index in [0.717, 1.165) is 10.4 Å². The molecular formula is C12H17FN2O3S2. The first-order valence-electron chi connectivity index (χ1n) is 6.05. The average Bonchev–Trinajstić information content (AvgIpc) is 2.37. The summed E-state index contributed by atoms with van der Waals surface area (Å²) in [6.45, 7) is 1.64. The Bertz CT molecular complexity index is 584. The zero-order valence-corrected chi connectivity index (χ0v) is 12.7. The van der Waals surface area contributed by atoms with Crippen LogP contribution in [-0.4, -0.2) is 42.5 Å². The highest BCUT2D eigenvalue weighted by Gasteiger charge is 2.28. The number of thiocarbonyl (C=S) groups is 1. The second-order valence-electron chi connectivity index (χ2n) is 4.10. The van der Waals surface area contributed by atoms with E-state index in [-0.39, 0.29) is 35.1 Å². The third-order valence-electron chi connectivity index (χ3n) is 2.66. The molecule has 0 atom stereocenters. The molecule has 8 heteroatoms. The summed E-state index contributed by atoms with van der Waals surface area (Å²) in [5.41, 5.74) is 5.13. The van der Waals surface area contributed by atoms with E-state index in [2.05, 4.69) is 0 Å². The summed E-state index contributed by atoms with van der Waals surface area (Å²) in [6.07, 6.45) is 0.566. The van der Waals surface area contributed by atoms with E-state index in [0.29, 0.717) is 6.42 Å². The van der Waals surface area contributed by atoms with Crippen molar-refractivity contribution in [3.8, 4) is 0 Å². The maximum Gasteiger partial charge on any atom is 0.243 e. The van der Waals surface area contributed by atoms with Gasteiger partial charge in [-0.2, -0.15) is 4.31 Å². The molecule has 0 aliphatic carbocycles. The number of benzene rings is 1. The van der Waals surface area contributed by atoms with E-state index in [1.165, 1.54) is 12.1 Å². The highest BCUT2D eigenvalue weighted by Crippen LogP contribution is 2.22. The van der Waals surface area contributed by atoms with Crippen LogP contribution in [0.15, 0.2) is 23.1 Å². The summed E-state index contributed by atoms with van der Waals surface area (Å²) in [7, 11) is -3.96. The smallest absolute Gasteiger partial charge is 0.243 e. The zero-order valence-electron chi connectivity index (χ0n) is 11.0. The van der Waals surface area contributed by atoms with Gasteiger partial charge in [-0.15, -0.1) is 0 Å². The van der Waals surface area contributed by atoms with Crippen LogP contribution in [0.3, 0.4) is 0 Å². The quantitative estimate of drug-likeness (QED) is 0.728. The third-order valence-corrected chi connectivity index (χ3v) is 4.81. The van der Waals surface area contributed by atoms with Crippen LogP contribution >= 0.6 is 12.2 Å². The van der Waals surface area contributed by atoms with Crippen LogP contribution in [0.1, 0.15) is 18.9 Å². The number of aliphatic hydroxyl groups excluding tert-OH is 1. The Balaban J connectivity index is 3.41. The molecule has 1 rings (SSSR count). The zero-order chi connectivity index (χ0) is 15.3. The number of sulfonamides is 1. The minimum absolute atomic E-state index is 0.0660. The van der Waals surface area contributed by atoms with Gasteiger partial charge in [0, 0.05) is 13.1 Å². The molecule has 0 heterocycles. The summed E-state index contributed by atoms with van der Waals surface area (Å²) < 4.78 is 39.9. The van der Waals surface area contributed by atoms with Gasteiger partial charge in [-0.3, -0.25) is 0 Å². The molecule has 0 unspecified atom stereocenters. The van der Waals surface area contributed by atoms with Gasteiger partial charge in [0.25, 0.3) is 0 Å². The number of halogens is 1. The van der Waals surface area contributed by atoms with Crippen LogP contribution in [0.25, 0.3) is 0 Å². The van der Waals surface area contributed by atoms with Gasteiger partial charge in [-0.05, 0) is 18.6 Å². The summed E-state index contributed by atoms with van der Waals surface area (Å²) in [4.78, 5) is -0.589. The van der Waals surface area contributed by atoms with Crippen LogP contribution < -0.4 is 5.73 Å². The van der Waals surface area contributed by atoms with Crippen molar-refractivity contribution in [3.63, 3.8) is 0 Å². The Kier molecular flexibility index (Phi) is 6.00. The second-order valence-corrected chi connectivity index (χ2v) is 6.45. The summed E-state index contributed by atoms with van der Waals surface area (Å²) >= 11 is 4.73. The summed E-state index contributed by atoms with van der Waals surface area (Å²) in [6, 6.07) is 3.64. The van der Waals surface area contributed by atoms with Gasteiger partial charge in [-0.1, -0.05) is 25.2 Å². The SMILES string of the molecule is CCCN(CCO)S(=O)(=O)c1cccc(F)c1C(N)=S. The molecule has 1 aromatic rings. The van der Waals surface area contributed by atoms with Gasteiger partial charge in [0.15, 0.2) is 0 Å². The third kappa shape index (κ3) is 3.51. The average molecular weight is 320 g/mol. The predicted molar refractivity (Wildman–Crippen MR) is 78.4 cm³/mol. The minimum atomic E-state index is -3.96. The molecule has 3 N–H and O–H groups in total. The molecule has 20 heavy (non-hydrogen) atoms. The lowest BCUT2D eigenvalue weighted by Gasteiger charge is -2.22. The van der Waals surface area contributed by atoms with Gasteiger partial charge in [-0.25, -0.2) is 12.8 Å². The molecule has 0 saturated carbocycles. The van der Waals surface area contributed by atoms with Crippen molar-refractivity contribution in [1.29, 1.82) is 0 Å². The van der Waals surface area contributed by atoms with Crippen molar-refractivity contribution in [2.45, 2.75) is 18.2 Å². The van der Waals surface area contributed by atoms with Crippen molar-refractivity contribution < 1.29 is 17.9 Å². The predicted octanol–water partition coefficient (Wildman–Crippen LogP) is 0.853. The number of aliphatic hydroxyl groups is 1. The van der Waals surface area contributed by atoms with Gasteiger partial charge < -0.3 is 10.8 Å². The van der Waals surface area contributed by atoms with E-state index in [4.69, 9.17) is 23.1 Å². The molecule has 0 aromatic heterocycles. The molecule has 0 saturated heterocycles. The van der Waals surface area contributed by atoms with Crippen molar-refractivity contribution in [2.75, 3.05) is 19.7 Å². The van der Waals surface area contributed by atoms with E-state index >= 15 is 0 Å². The van der Waals surface area contributed by atoms with E-state index in [1.807, 2.05) is 0 Å². The van der Waals surface area contributed by atoms with Crippen LogP contribution in [0.4, 0.5) is 4.39 Å². The number of hydrogen-bond acceptors (Lipinski definition) is 4. The lowest BCUT2D eigenvalue weighted by molar-refractivity contribution is 0.253. The molecule has 0 spiro atoms. The molecule has 0 aliphatic heterocycles. The first-order chi connectivity index (χ1) is 9.36. The molecule has 0 radical (unpaired) electrons. The number of nitrogens with two attached hydrogens (primary N) is 1. The van der Waals surface area contributed by atoms with Gasteiger partial charge in [0.1, 0.15) is 10.8 Å². The van der Waals surface area contributed by atoms with Crippen LogP contribution in [0, 0.1) is 5.82 Å². The standard InChI is InChI=1S/C12H17FN2O3S2/c1-2-6-15(7-8-16)20(17,18)10-5-3-4-9(13)11(10)12(14)19/h3-5,16H,2,6-8H2,1H3,(H2,14,19). The Morgan fingerprint density at radius 2 is 2.10 bits per heavy atom.